The Labute approximate surface area is 598 Å². The summed E-state index contributed by atoms with van der Waals surface area (Å²) >= 11 is 34.7. The molecule has 4 atom stereocenters. The van der Waals surface area contributed by atoms with Gasteiger partial charge in [-0.25, -0.2) is 29.9 Å². The van der Waals surface area contributed by atoms with Gasteiger partial charge < -0.3 is 43.0 Å². The number of carbonyl (C=O) groups is 6. The number of anilines is 5. The van der Waals surface area contributed by atoms with E-state index >= 15 is 0 Å². The number of allylic oxidation sites excluding steroid dienone is 3. The van der Waals surface area contributed by atoms with Crippen molar-refractivity contribution in [3.05, 3.63) is 307 Å². The maximum absolute atomic E-state index is 13.1. The first-order valence-corrected chi connectivity index (χ1v) is 31.8. The maximum atomic E-state index is 13.1. The Morgan fingerprint density at radius 3 is 1.31 bits per heavy atom. The number of nitrogens with zero attached hydrogens (tertiary/aromatic N) is 8. The van der Waals surface area contributed by atoms with Gasteiger partial charge in [0.25, 0.3) is 34.4 Å². The van der Waals surface area contributed by atoms with Gasteiger partial charge >= 0.3 is 0 Å². The zero-order valence-electron chi connectivity index (χ0n) is 52.8. The number of primary amides is 1. The Morgan fingerprint density at radius 1 is 0.500 bits per heavy atom. The van der Waals surface area contributed by atoms with Crippen LogP contribution in [0.4, 0.5) is 28.8 Å². The number of nitrogens with one attached hydrogen (secondary N) is 6. The first-order chi connectivity index (χ1) is 47.6. The highest BCUT2D eigenvalue weighted by Gasteiger charge is 2.53. The number of nitrogens with two attached hydrogens (primary N) is 2. The number of nitrogen functional groups attached to an aromatic ring is 1. The molecule has 1 fully saturated rings. The van der Waals surface area contributed by atoms with Crippen molar-refractivity contribution < 1.29 is 28.8 Å². The monoisotopic (exact) mass is 1460 g/mol. The first kappa shape index (κ1) is 73.1. The van der Waals surface area contributed by atoms with E-state index in [1.54, 1.807) is 166 Å². The van der Waals surface area contributed by atoms with Gasteiger partial charge in [-0.15, -0.1) is 0 Å². The van der Waals surface area contributed by atoms with Crippen molar-refractivity contribution in [2.75, 3.05) is 16.4 Å². The smallest absolute Gasteiger partial charge is 0.277 e. The van der Waals surface area contributed by atoms with Crippen LogP contribution in [0.2, 0.25) is 25.1 Å². The number of fused-ring (bicyclic) bond motifs is 3. The van der Waals surface area contributed by atoms with Crippen molar-refractivity contribution in [3.63, 3.8) is 0 Å². The first-order valence-electron chi connectivity index (χ1n) is 29.5. The lowest BCUT2D eigenvalue weighted by Gasteiger charge is -2.31. The third-order valence-corrected chi connectivity index (χ3v) is 17.2. The third kappa shape index (κ3) is 16.7. The van der Waals surface area contributed by atoms with Crippen molar-refractivity contribution in [1.82, 2.24) is 60.0 Å². The molecule has 4 amide bonds. The predicted molar refractivity (Wildman–Crippen MR) is 381 cm³/mol. The molecule has 4 aromatic carbocycles. The molecule has 4 unspecified atom stereocenters. The van der Waals surface area contributed by atoms with Crippen LogP contribution in [0, 0.1) is 5.92 Å². The van der Waals surface area contributed by atoms with Gasteiger partial charge in [0.2, 0.25) is 5.91 Å². The van der Waals surface area contributed by atoms with Crippen LogP contribution in [0.5, 0.6) is 0 Å². The van der Waals surface area contributed by atoms with Gasteiger partial charge in [0.05, 0.1) is 16.5 Å². The average Bonchev–Trinajstić information content (AvgIpc) is 1.59. The number of pyridine rings is 3. The van der Waals surface area contributed by atoms with Crippen molar-refractivity contribution in [2.24, 2.45) is 11.7 Å². The van der Waals surface area contributed by atoms with Crippen molar-refractivity contribution in [2.45, 2.75) is 44.6 Å². The number of hydrogen-bond donors (Lipinski definition) is 8. The highest BCUT2D eigenvalue weighted by Crippen LogP contribution is 2.44. The normalized spacial score (nSPS) is 17.8. The summed E-state index contributed by atoms with van der Waals surface area (Å²) in [6.45, 7) is 6.91. The van der Waals surface area contributed by atoms with Crippen LogP contribution in [0.3, 0.4) is 0 Å². The van der Waals surface area contributed by atoms with E-state index in [1.165, 1.54) is 53.2 Å². The van der Waals surface area contributed by atoms with Gasteiger partial charge in [0.1, 0.15) is 81.2 Å². The molecule has 4 aliphatic rings. The molecule has 0 bridgehead atoms. The van der Waals surface area contributed by atoms with Crippen LogP contribution in [0.15, 0.2) is 226 Å². The van der Waals surface area contributed by atoms with Crippen LogP contribution < -0.4 is 54.7 Å². The zero-order valence-corrected chi connectivity index (χ0v) is 57.3. The second-order valence-electron chi connectivity index (χ2n) is 22.3. The van der Waals surface area contributed by atoms with E-state index in [9.17, 15) is 43.2 Å². The Kier molecular flexibility index (Phi) is 23.1. The lowest BCUT2D eigenvalue weighted by molar-refractivity contribution is -0.119. The molecule has 100 heavy (non-hydrogen) atoms. The quantitative estimate of drug-likeness (QED) is 0.0622. The maximum Gasteiger partial charge on any atom is 0.277 e. The number of ketones is 2. The van der Waals surface area contributed by atoms with Crippen LogP contribution in [0.1, 0.15) is 86.2 Å². The summed E-state index contributed by atoms with van der Waals surface area (Å²) in [4.78, 5) is 133. The molecule has 25 nitrogen and oxygen atoms in total. The minimum atomic E-state index is -1.02. The minimum absolute atomic E-state index is 0.0370. The lowest BCUT2D eigenvalue weighted by atomic mass is 9.75. The number of H-pyrrole nitrogens is 1. The fourth-order valence-corrected chi connectivity index (χ4v) is 11.3. The molecular weight excluding hydrogens is 1410 g/mol. The molecule has 508 valence electrons. The van der Waals surface area contributed by atoms with Crippen LogP contribution in [-0.2, 0) is 26.5 Å². The molecule has 9 heterocycles. The third-order valence-electron chi connectivity index (χ3n) is 15.6. The molecule has 0 spiro atoms. The number of Topliss-reactive ketones (excluding diaryl/α,β-unsaturated/α-hetero) is 2. The molecule has 1 saturated heterocycles. The predicted octanol–water partition coefficient (Wildman–Crippen LogP) is 10.7. The Hall–Kier alpha value is -11.2. The van der Waals surface area contributed by atoms with Gasteiger partial charge in [-0.1, -0.05) is 112 Å². The summed E-state index contributed by atoms with van der Waals surface area (Å²) in [6.07, 6.45) is 12.0. The summed E-state index contributed by atoms with van der Waals surface area (Å²) < 4.78 is 2.89. The molecule has 10 N–H and O–H groups in total. The molecule has 1 aliphatic carbocycles. The van der Waals surface area contributed by atoms with E-state index in [4.69, 9.17) is 81.1 Å². The molecule has 14 rings (SSSR count). The molecule has 0 radical (unpaired) electrons. The topological polar surface area (TPSA) is 369 Å². The van der Waals surface area contributed by atoms with Crippen molar-refractivity contribution in [3.8, 4) is 0 Å². The zero-order chi connectivity index (χ0) is 72.2. The highest BCUT2D eigenvalue weighted by molar-refractivity contribution is 6.44. The number of aromatic amines is 1. The van der Waals surface area contributed by atoms with E-state index < -0.39 is 34.2 Å². The van der Waals surface area contributed by atoms with Gasteiger partial charge in [-0.05, 0) is 166 Å². The molecular formula is C69H56Cl6N16O9. The van der Waals surface area contributed by atoms with Crippen molar-refractivity contribution >= 4 is 134 Å². The standard InChI is InChI=1S/2C18H14ClN5O2.C15H11Cl2NO2.C8H7ClO.C6H5ClN2O2.C4H5N3/c2*1-18(11-2-4-12(19)5-3-11)23-16(25)14-7-6-13(17(26)24(14)18)22-15-8-9-20-10-21-15;1-15(8-2-4-9(16)5-3-8)12-10(14(20)18-15)6-7-11(17)13(12)19;1-6(10)7-2-4-8(9)5-3-7;7-3-1-2-4(5(8)10)9-6(3)11;5-4-1-2-6-3-7-4/h2*2-10H,1H3,(H,23,25)(H,20,21,22);2-7,12H,1H3,(H,18,20);2-5H,1H3;1-2H,(H2,8,10)(H,9,11);1-3H,(H2,5,6,7). The largest absolute Gasteiger partial charge is 0.384 e. The Balaban J connectivity index is 0.000000148. The van der Waals surface area contributed by atoms with E-state index in [0.717, 1.165) is 16.7 Å². The molecule has 0 saturated carbocycles. The number of hydrogen-bond acceptors (Lipinski definition) is 18. The number of benzene rings is 4. The molecule has 10 aromatic rings. The molecule has 6 aromatic heterocycles. The highest BCUT2D eigenvalue weighted by atomic mass is 35.5. The number of aromatic nitrogens is 9. The summed E-state index contributed by atoms with van der Waals surface area (Å²) in [6, 6.07) is 42.0. The number of halogens is 6. The molecule has 31 heteroatoms. The summed E-state index contributed by atoms with van der Waals surface area (Å²) in [7, 11) is 0. The summed E-state index contributed by atoms with van der Waals surface area (Å²) in [5.41, 5.74) is 10.8. The van der Waals surface area contributed by atoms with Crippen LogP contribution in [-0.4, -0.2) is 79.2 Å². The molecule has 3 aliphatic heterocycles. The van der Waals surface area contributed by atoms with Crippen LogP contribution in [0.25, 0.3) is 0 Å². The number of carbonyl (C=O) groups excluding carboxylic acids is 6. The fraction of sp³-hybridized carbons (Fsp3) is 0.116. The minimum Gasteiger partial charge on any atom is -0.384 e. The fourth-order valence-electron chi connectivity index (χ4n) is 10.5. The van der Waals surface area contributed by atoms with E-state index in [-0.39, 0.29) is 56.2 Å². The average molecular weight is 1470 g/mol. The number of amides is 4. The summed E-state index contributed by atoms with van der Waals surface area (Å²) in [5.74, 6) is -0.826. The van der Waals surface area contributed by atoms with Gasteiger partial charge in [0.15, 0.2) is 11.6 Å². The number of rotatable bonds is 9. The Morgan fingerprint density at radius 2 is 0.930 bits per heavy atom. The van der Waals surface area contributed by atoms with Gasteiger partial charge in [-0.2, -0.15) is 0 Å². The van der Waals surface area contributed by atoms with E-state index in [2.05, 4.69) is 61.5 Å². The second kappa shape index (κ2) is 31.6. The van der Waals surface area contributed by atoms with Gasteiger partial charge in [-0.3, -0.25) is 52.3 Å². The lowest BCUT2D eigenvalue weighted by Crippen LogP contribution is -2.45. The van der Waals surface area contributed by atoms with Gasteiger partial charge in [0, 0.05) is 49.8 Å². The SMILES string of the molecule is CC(=O)c1ccc(Cl)cc1.CC1(c2ccc(Cl)cc2)NC(=O)C2=CC=C(Cl)C(=O)C21.CC1(c2ccc(Cl)cc2)NC(=O)c2ccc(Nc3ccncn3)c(=O)n21.CC1(c2ccc(Cl)cc2)NC(=O)c2ccc(Nc3ccncn3)c(=O)n21.NC(=O)c1ccc(Cl)c(=O)[nH]1.Nc1ccncn1. The van der Waals surface area contributed by atoms with E-state index in [1.807, 2.05) is 19.1 Å². The Bertz CT molecular complexity index is 4830. The van der Waals surface area contributed by atoms with Crippen LogP contribution >= 0.6 is 69.6 Å². The second-order valence-corrected chi connectivity index (χ2v) is 24.8. The van der Waals surface area contributed by atoms with E-state index in [0.29, 0.717) is 71.4 Å². The summed E-state index contributed by atoms with van der Waals surface area (Å²) in [5, 5.41) is 17.2. The van der Waals surface area contributed by atoms with Crippen molar-refractivity contribution in [1.29, 1.82) is 0 Å².